The van der Waals surface area contributed by atoms with Crippen LogP contribution in [0.25, 0.3) is 0 Å². The van der Waals surface area contributed by atoms with Crippen LogP contribution in [-0.2, 0) is 0 Å². The second kappa shape index (κ2) is 6.42. The topological polar surface area (TPSA) is 91.4 Å². The van der Waals surface area contributed by atoms with Gasteiger partial charge in [-0.15, -0.1) is 0 Å². The highest BCUT2D eigenvalue weighted by molar-refractivity contribution is 9.12. The molecule has 94 valence electrons. The van der Waals surface area contributed by atoms with Crippen LogP contribution in [0.2, 0.25) is 0 Å². The molecular formula is C11H18BrN5. The van der Waals surface area contributed by atoms with E-state index in [2.05, 4.69) is 27.5 Å². The van der Waals surface area contributed by atoms with Gasteiger partial charge < -0.3 is 5.73 Å². The van der Waals surface area contributed by atoms with E-state index in [4.69, 9.17) is 16.8 Å². The Hall–Kier alpha value is -1.32. The summed E-state index contributed by atoms with van der Waals surface area (Å²) in [5, 5.41) is 10.1. The number of halogens is 1. The van der Waals surface area contributed by atoms with E-state index < -0.39 is 0 Å². The van der Waals surface area contributed by atoms with Gasteiger partial charge >= 0.3 is 0 Å². The maximum absolute atomic E-state index is 8.67. The predicted molar refractivity (Wildman–Crippen MR) is 73.7 cm³/mol. The van der Waals surface area contributed by atoms with Crippen molar-refractivity contribution in [2.24, 2.45) is 22.0 Å². The van der Waals surface area contributed by atoms with Gasteiger partial charge in [-0.1, -0.05) is 27.4 Å². The van der Waals surface area contributed by atoms with Crippen molar-refractivity contribution in [2.75, 3.05) is 6.54 Å². The summed E-state index contributed by atoms with van der Waals surface area (Å²) in [6.45, 7) is 10.2. The number of nitriles is 1. The summed E-state index contributed by atoms with van der Waals surface area (Å²) in [6.07, 6.45) is 1.33. The standard InChI is InChI=1S/C11H18BrN5/c1-8(5-13)16-10(9(12)6-14)17(15)7-11(2,3)4/h6H,1,7,14-15H2,2-4H3/b9-6+,16-10?. The molecule has 6 heteroatoms. The van der Waals surface area contributed by atoms with Crippen LogP contribution in [0.5, 0.6) is 0 Å². The first-order valence-corrected chi connectivity index (χ1v) is 5.78. The lowest BCUT2D eigenvalue weighted by molar-refractivity contribution is 0.280. The van der Waals surface area contributed by atoms with Gasteiger partial charge in [0.15, 0.2) is 5.84 Å². The van der Waals surface area contributed by atoms with Crippen LogP contribution in [0, 0.1) is 16.7 Å². The van der Waals surface area contributed by atoms with E-state index in [1.165, 1.54) is 11.2 Å². The zero-order valence-electron chi connectivity index (χ0n) is 10.4. The summed E-state index contributed by atoms with van der Waals surface area (Å²) < 4.78 is 0.514. The first-order valence-electron chi connectivity index (χ1n) is 4.99. The molecule has 0 saturated heterocycles. The molecule has 0 heterocycles. The Morgan fingerprint density at radius 2 is 2.12 bits per heavy atom. The Labute approximate surface area is 111 Å². The lowest BCUT2D eigenvalue weighted by Gasteiger charge is -2.28. The van der Waals surface area contributed by atoms with Crippen molar-refractivity contribution in [3.63, 3.8) is 0 Å². The van der Waals surface area contributed by atoms with Crippen molar-refractivity contribution >= 4 is 21.8 Å². The molecule has 0 fully saturated rings. The summed E-state index contributed by atoms with van der Waals surface area (Å²) >= 11 is 3.24. The van der Waals surface area contributed by atoms with E-state index in [0.717, 1.165) is 0 Å². The molecule has 0 aromatic heterocycles. The van der Waals surface area contributed by atoms with Crippen molar-refractivity contribution in [3.8, 4) is 6.07 Å². The molecule has 17 heavy (non-hydrogen) atoms. The highest BCUT2D eigenvalue weighted by atomic mass is 79.9. The van der Waals surface area contributed by atoms with Crippen molar-refractivity contribution < 1.29 is 0 Å². The number of aliphatic imine (C=N–C) groups is 1. The fourth-order valence-corrected chi connectivity index (χ4v) is 1.38. The van der Waals surface area contributed by atoms with Crippen LogP contribution in [0.4, 0.5) is 0 Å². The Kier molecular flexibility index (Phi) is 5.93. The van der Waals surface area contributed by atoms with Gasteiger partial charge in [-0.3, -0.25) is 5.01 Å². The smallest absolute Gasteiger partial charge is 0.159 e. The number of amidine groups is 1. The summed E-state index contributed by atoms with van der Waals surface area (Å²) in [5.41, 5.74) is 5.47. The maximum atomic E-state index is 8.67. The van der Waals surface area contributed by atoms with Gasteiger partial charge in [0.1, 0.15) is 11.8 Å². The molecule has 0 aliphatic carbocycles. The maximum Gasteiger partial charge on any atom is 0.159 e. The molecule has 5 nitrogen and oxygen atoms in total. The first kappa shape index (κ1) is 15.7. The van der Waals surface area contributed by atoms with Crippen LogP contribution < -0.4 is 11.6 Å². The molecule has 0 radical (unpaired) electrons. The number of allylic oxidation sites excluding steroid dienone is 1. The largest absolute Gasteiger partial charge is 0.404 e. The fourth-order valence-electron chi connectivity index (χ4n) is 1.07. The summed E-state index contributed by atoms with van der Waals surface area (Å²) in [4.78, 5) is 4.02. The molecule has 0 unspecified atom stereocenters. The molecule has 0 aliphatic rings. The summed E-state index contributed by atoms with van der Waals surface area (Å²) in [7, 11) is 0. The molecule has 0 aliphatic heterocycles. The van der Waals surface area contributed by atoms with Gasteiger partial charge in [0.25, 0.3) is 0 Å². The average molecular weight is 300 g/mol. The minimum Gasteiger partial charge on any atom is -0.404 e. The molecule has 0 bridgehead atoms. The highest BCUT2D eigenvalue weighted by Crippen LogP contribution is 2.17. The van der Waals surface area contributed by atoms with E-state index in [-0.39, 0.29) is 11.1 Å². The second-order valence-corrected chi connectivity index (χ2v) is 5.55. The quantitative estimate of drug-likeness (QED) is 0.273. The molecule has 4 N–H and O–H groups in total. The Balaban J connectivity index is 5.16. The number of hydrogen-bond acceptors (Lipinski definition) is 4. The van der Waals surface area contributed by atoms with Crippen molar-refractivity contribution in [1.29, 1.82) is 5.26 Å². The molecule has 0 aromatic carbocycles. The van der Waals surface area contributed by atoms with Crippen molar-refractivity contribution in [2.45, 2.75) is 20.8 Å². The van der Waals surface area contributed by atoms with Crippen LogP contribution in [0.3, 0.4) is 0 Å². The van der Waals surface area contributed by atoms with Gasteiger partial charge in [0, 0.05) is 12.7 Å². The number of hydrazine groups is 1. The van der Waals surface area contributed by atoms with Gasteiger partial charge in [-0.05, 0) is 21.3 Å². The third-order valence-electron chi connectivity index (χ3n) is 1.65. The van der Waals surface area contributed by atoms with E-state index in [1.807, 2.05) is 26.8 Å². The SMILES string of the molecule is C=C(C#N)N=C(/C(Br)=C\N)N(N)CC(C)(C)C. The summed E-state index contributed by atoms with van der Waals surface area (Å²) in [6, 6.07) is 1.84. The Morgan fingerprint density at radius 3 is 2.47 bits per heavy atom. The number of nitrogens with zero attached hydrogens (tertiary/aromatic N) is 3. The molecule has 0 amide bonds. The third-order valence-corrected chi connectivity index (χ3v) is 2.27. The minimum atomic E-state index is -0.00856. The van der Waals surface area contributed by atoms with Crippen molar-refractivity contribution in [3.05, 3.63) is 23.0 Å². The molecule has 0 aromatic rings. The van der Waals surface area contributed by atoms with Gasteiger partial charge in [0.2, 0.25) is 0 Å². The molecule has 0 atom stereocenters. The first-order chi connectivity index (χ1) is 7.71. The zero-order chi connectivity index (χ0) is 13.6. The van der Waals surface area contributed by atoms with E-state index in [1.54, 1.807) is 0 Å². The van der Waals surface area contributed by atoms with E-state index in [9.17, 15) is 0 Å². The van der Waals surface area contributed by atoms with Gasteiger partial charge in [-0.25, -0.2) is 10.8 Å². The predicted octanol–water partition coefficient (Wildman–Crippen LogP) is 1.84. The highest BCUT2D eigenvalue weighted by Gasteiger charge is 2.19. The van der Waals surface area contributed by atoms with Crippen LogP contribution in [-0.4, -0.2) is 17.4 Å². The lowest BCUT2D eigenvalue weighted by atomic mass is 9.97. The Morgan fingerprint density at radius 1 is 1.59 bits per heavy atom. The zero-order valence-corrected chi connectivity index (χ0v) is 12.0. The minimum absolute atomic E-state index is 0.00856. The second-order valence-electron chi connectivity index (χ2n) is 4.70. The van der Waals surface area contributed by atoms with Crippen LogP contribution in [0.1, 0.15) is 20.8 Å². The van der Waals surface area contributed by atoms with Crippen molar-refractivity contribution in [1.82, 2.24) is 5.01 Å². The monoisotopic (exact) mass is 299 g/mol. The third kappa shape index (κ3) is 6.09. The van der Waals surface area contributed by atoms with Gasteiger partial charge in [-0.2, -0.15) is 5.26 Å². The number of hydrogen-bond donors (Lipinski definition) is 2. The van der Waals surface area contributed by atoms with Crippen LogP contribution >= 0.6 is 15.9 Å². The normalized spacial score (nSPS) is 13.2. The van der Waals surface area contributed by atoms with E-state index in [0.29, 0.717) is 16.9 Å². The molecular weight excluding hydrogens is 282 g/mol. The number of rotatable bonds is 3. The molecule has 0 rings (SSSR count). The van der Waals surface area contributed by atoms with Gasteiger partial charge in [0.05, 0.1) is 4.48 Å². The van der Waals surface area contributed by atoms with Crippen LogP contribution in [0.15, 0.2) is 28.0 Å². The molecule has 0 spiro atoms. The summed E-state index contributed by atoms with van der Waals surface area (Å²) in [5.74, 6) is 6.29. The lowest BCUT2D eigenvalue weighted by Crippen LogP contribution is -2.43. The average Bonchev–Trinajstić information content (AvgIpc) is 2.21. The number of nitrogens with two attached hydrogens (primary N) is 2. The Bertz CT molecular complexity index is 384. The van der Waals surface area contributed by atoms with E-state index >= 15 is 0 Å². The molecule has 0 saturated carbocycles. The fraction of sp³-hybridized carbons (Fsp3) is 0.455.